The number of carbonyl (C=O) groups is 2. The first-order chi connectivity index (χ1) is 18.0. The van der Waals surface area contributed by atoms with E-state index in [1.165, 1.54) is 25.0 Å². The molecule has 0 aromatic carbocycles. The first kappa shape index (κ1) is 28.0. The number of ether oxygens (including phenoxy) is 4. The number of hydrogen-bond donors (Lipinski definition) is 0. The number of hydrogen-bond acceptors (Lipinski definition) is 8. The fraction of sp³-hybridized carbons (Fsp3) is 0.567. The van der Waals surface area contributed by atoms with Crippen LogP contribution in [0.3, 0.4) is 0 Å². The average Bonchev–Trinajstić information content (AvgIpc) is 3.46. The van der Waals surface area contributed by atoms with E-state index >= 15 is 0 Å². The van der Waals surface area contributed by atoms with Crippen molar-refractivity contribution in [2.45, 2.75) is 71.9 Å². The number of aromatic nitrogens is 1. The SMILES string of the molecule is CCOC(=O)/C1=C/[C@@H]2[C@@H](C(C)C)CC=C(C)[C@@H]2C[C@H](OC(=O)/C=C/c2coc(C)n2)[C@]2(C)C=C[C@@]1(OC)O2. The van der Waals surface area contributed by atoms with Crippen LogP contribution in [0.1, 0.15) is 59.0 Å². The summed E-state index contributed by atoms with van der Waals surface area (Å²) >= 11 is 0. The normalized spacial score (nSPS) is 34.1. The van der Waals surface area contributed by atoms with E-state index in [1.54, 1.807) is 26.0 Å². The quantitative estimate of drug-likeness (QED) is 0.267. The van der Waals surface area contributed by atoms with Gasteiger partial charge in [0.15, 0.2) is 5.89 Å². The zero-order valence-corrected chi connectivity index (χ0v) is 23.4. The van der Waals surface area contributed by atoms with Crippen molar-refractivity contribution in [3.05, 3.63) is 59.4 Å². The Bertz CT molecular complexity index is 1170. The molecule has 38 heavy (non-hydrogen) atoms. The van der Waals surface area contributed by atoms with Crippen molar-refractivity contribution in [2.24, 2.45) is 23.7 Å². The van der Waals surface area contributed by atoms with E-state index < -0.39 is 29.4 Å². The van der Waals surface area contributed by atoms with E-state index in [-0.39, 0.29) is 24.4 Å². The summed E-state index contributed by atoms with van der Waals surface area (Å²) in [6.45, 7) is 12.1. The first-order valence-corrected chi connectivity index (χ1v) is 13.3. The summed E-state index contributed by atoms with van der Waals surface area (Å²) < 4.78 is 29.2. The predicted molar refractivity (Wildman–Crippen MR) is 142 cm³/mol. The number of carbonyl (C=O) groups excluding carboxylic acids is 2. The number of nitrogens with zero attached hydrogens (tertiary/aromatic N) is 1. The molecule has 6 atom stereocenters. The lowest BCUT2D eigenvalue weighted by Gasteiger charge is -2.41. The molecule has 0 radical (unpaired) electrons. The van der Waals surface area contributed by atoms with Gasteiger partial charge in [0.2, 0.25) is 5.79 Å². The molecule has 2 bridgehead atoms. The van der Waals surface area contributed by atoms with Gasteiger partial charge in [-0.15, -0.1) is 0 Å². The van der Waals surface area contributed by atoms with E-state index in [0.717, 1.165) is 6.42 Å². The van der Waals surface area contributed by atoms with Crippen LogP contribution in [0.15, 0.2) is 52.2 Å². The highest BCUT2D eigenvalue weighted by Gasteiger charge is 2.55. The summed E-state index contributed by atoms with van der Waals surface area (Å²) in [5.74, 6) is -1.26. The van der Waals surface area contributed by atoms with E-state index in [0.29, 0.717) is 29.5 Å². The van der Waals surface area contributed by atoms with Crippen LogP contribution in [0, 0.1) is 30.6 Å². The largest absolute Gasteiger partial charge is 0.462 e. The molecule has 8 nitrogen and oxygen atoms in total. The smallest absolute Gasteiger partial charge is 0.339 e. The summed E-state index contributed by atoms with van der Waals surface area (Å²) in [6, 6.07) is 0. The standard InChI is InChI=1S/C30H39NO7/c1-8-35-28(33)25-15-24-22(18(2)3)11-9-19(4)23(24)16-26(29(6)13-14-30(25,34-7)38-29)37-27(32)12-10-21-17-36-20(5)31-21/h9-10,12-15,17-18,22-24,26H,8,11,16H2,1-7H3/b12-10+,25-15-/t22-,23+,24-,26+,29+,30-/m1/s1. The molecule has 206 valence electrons. The Morgan fingerprint density at radius 1 is 1.26 bits per heavy atom. The molecule has 1 aromatic rings. The fourth-order valence-electron chi connectivity index (χ4n) is 5.89. The molecule has 4 rings (SSSR count). The van der Waals surface area contributed by atoms with E-state index in [4.69, 9.17) is 23.4 Å². The molecular weight excluding hydrogens is 486 g/mol. The predicted octanol–water partition coefficient (Wildman–Crippen LogP) is 5.34. The maximum absolute atomic E-state index is 13.3. The van der Waals surface area contributed by atoms with E-state index in [9.17, 15) is 9.59 Å². The highest BCUT2D eigenvalue weighted by Crippen LogP contribution is 2.49. The first-order valence-electron chi connectivity index (χ1n) is 13.3. The number of rotatable bonds is 7. The van der Waals surface area contributed by atoms with Gasteiger partial charge in [-0.3, -0.25) is 0 Å². The van der Waals surface area contributed by atoms with Crippen LogP contribution >= 0.6 is 0 Å². The maximum Gasteiger partial charge on any atom is 0.339 e. The minimum absolute atomic E-state index is 0.00114. The van der Waals surface area contributed by atoms with Gasteiger partial charge >= 0.3 is 11.9 Å². The molecule has 1 aromatic heterocycles. The number of aryl methyl sites for hydroxylation is 1. The van der Waals surface area contributed by atoms with E-state index in [1.807, 2.05) is 19.1 Å². The van der Waals surface area contributed by atoms with Gasteiger partial charge in [0.1, 0.15) is 23.7 Å². The summed E-state index contributed by atoms with van der Waals surface area (Å²) in [4.78, 5) is 30.6. The van der Waals surface area contributed by atoms with Crippen molar-refractivity contribution in [3.63, 3.8) is 0 Å². The number of oxazole rings is 1. The summed E-state index contributed by atoms with van der Waals surface area (Å²) in [5.41, 5.74) is 1.02. The van der Waals surface area contributed by atoms with Crippen LogP contribution in [0.25, 0.3) is 6.08 Å². The van der Waals surface area contributed by atoms with Crippen LogP contribution in [-0.4, -0.2) is 48.1 Å². The van der Waals surface area contributed by atoms with Crippen molar-refractivity contribution in [2.75, 3.05) is 13.7 Å². The molecule has 0 saturated carbocycles. The Labute approximate surface area is 224 Å². The fourth-order valence-corrected chi connectivity index (χ4v) is 5.89. The van der Waals surface area contributed by atoms with Crippen molar-refractivity contribution < 1.29 is 33.0 Å². The molecule has 3 aliphatic rings. The third kappa shape index (κ3) is 5.43. The molecule has 0 unspecified atom stereocenters. The van der Waals surface area contributed by atoms with Gasteiger partial charge in [0, 0.05) is 20.1 Å². The Balaban J connectivity index is 1.76. The Hall–Kier alpha value is -2.97. The van der Waals surface area contributed by atoms with Crippen LogP contribution in [0.5, 0.6) is 0 Å². The van der Waals surface area contributed by atoms with Crippen LogP contribution in [0.4, 0.5) is 0 Å². The molecule has 3 heterocycles. The van der Waals surface area contributed by atoms with Crippen LogP contribution in [-0.2, 0) is 28.5 Å². The highest BCUT2D eigenvalue weighted by atomic mass is 16.7. The van der Waals surface area contributed by atoms with Gasteiger partial charge in [-0.25, -0.2) is 14.6 Å². The third-order valence-corrected chi connectivity index (χ3v) is 8.04. The topological polar surface area (TPSA) is 97.1 Å². The molecular formula is C30H39NO7. The highest BCUT2D eigenvalue weighted by molar-refractivity contribution is 5.91. The van der Waals surface area contributed by atoms with Crippen molar-refractivity contribution in [1.82, 2.24) is 4.98 Å². The summed E-state index contributed by atoms with van der Waals surface area (Å²) in [5, 5.41) is 0. The number of esters is 2. The Morgan fingerprint density at radius 2 is 2.03 bits per heavy atom. The van der Waals surface area contributed by atoms with Gasteiger partial charge in [-0.1, -0.05) is 31.6 Å². The monoisotopic (exact) mass is 525 g/mol. The molecule has 0 spiro atoms. The Kier molecular flexibility index (Phi) is 8.14. The molecule has 8 heteroatoms. The Morgan fingerprint density at radius 3 is 2.66 bits per heavy atom. The number of allylic oxidation sites excluding steroid dienone is 3. The molecule has 2 aliphatic heterocycles. The second-order valence-corrected chi connectivity index (χ2v) is 10.9. The van der Waals surface area contributed by atoms with Gasteiger partial charge in [-0.2, -0.15) is 0 Å². The molecule has 1 aliphatic carbocycles. The van der Waals surface area contributed by atoms with Gasteiger partial charge < -0.3 is 23.4 Å². The lowest BCUT2D eigenvalue weighted by Crippen LogP contribution is -2.48. The van der Waals surface area contributed by atoms with Crippen molar-refractivity contribution in [1.29, 1.82) is 0 Å². The second kappa shape index (κ2) is 11.0. The number of methoxy groups -OCH3 is 1. The van der Waals surface area contributed by atoms with Crippen LogP contribution < -0.4 is 0 Å². The minimum Gasteiger partial charge on any atom is -0.462 e. The maximum atomic E-state index is 13.3. The minimum atomic E-state index is -1.45. The van der Waals surface area contributed by atoms with Gasteiger partial charge in [0.05, 0.1) is 12.2 Å². The molecule has 0 amide bonds. The average molecular weight is 526 g/mol. The molecule has 0 fully saturated rings. The van der Waals surface area contributed by atoms with Crippen molar-refractivity contribution in [3.8, 4) is 0 Å². The van der Waals surface area contributed by atoms with Crippen LogP contribution in [0.2, 0.25) is 0 Å². The summed E-state index contributed by atoms with van der Waals surface area (Å²) in [7, 11) is 1.51. The zero-order chi connectivity index (χ0) is 27.7. The second-order valence-electron chi connectivity index (χ2n) is 10.9. The van der Waals surface area contributed by atoms with E-state index in [2.05, 4.69) is 31.8 Å². The summed E-state index contributed by atoms with van der Waals surface area (Å²) in [6.07, 6.45) is 13.0. The number of fused-ring (bicyclic) bond motifs is 3. The van der Waals surface area contributed by atoms with Gasteiger partial charge in [-0.05, 0) is 75.5 Å². The zero-order valence-electron chi connectivity index (χ0n) is 23.4. The van der Waals surface area contributed by atoms with Gasteiger partial charge in [0.25, 0.3) is 0 Å². The van der Waals surface area contributed by atoms with Crippen molar-refractivity contribution >= 4 is 18.0 Å². The molecule has 0 saturated heterocycles. The third-order valence-electron chi connectivity index (χ3n) is 8.04. The lowest BCUT2D eigenvalue weighted by molar-refractivity contribution is -0.227. The lowest BCUT2D eigenvalue weighted by atomic mass is 9.65. The molecule has 0 N–H and O–H groups in total.